The fourth-order valence-corrected chi connectivity index (χ4v) is 11.6. The van der Waals surface area contributed by atoms with Crippen LogP contribution in [0.4, 0.5) is 17.6 Å². The second-order valence-corrected chi connectivity index (χ2v) is 17.2. The van der Waals surface area contributed by atoms with Gasteiger partial charge in [-0.2, -0.15) is 0 Å². The zero-order valence-electron chi connectivity index (χ0n) is 23.4. The molecule has 1 aliphatic heterocycles. The quantitative estimate of drug-likeness (QED) is 0.0775. The van der Waals surface area contributed by atoms with Crippen molar-refractivity contribution >= 4 is 41.0 Å². The van der Waals surface area contributed by atoms with Crippen molar-refractivity contribution in [3.8, 4) is 5.75 Å². The number of hydrogen-bond acceptors (Lipinski definition) is 3. The van der Waals surface area contributed by atoms with Crippen molar-refractivity contribution < 1.29 is 33.8 Å². The van der Waals surface area contributed by atoms with E-state index >= 15 is 17.6 Å². The van der Waals surface area contributed by atoms with Gasteiger partial charge in [0.25, 0.3) is 0 Å². The van der Waals surface area contributed by atoms with Gasteiger partial charge in [-0.25, -0.2) is 0 Å². The molecule has 0 saturated carbocycles. The van der Waals surface area contributed by atoms with Gasteiger partial charge >= 0.3 is 192 Å². The van der Waals surface area contributed by atoms with Gasteiger partial charge < -0.3 is 0 Å². The topological polar surface area (TPSA) is 59.4 Å². The molecule has 42 heavy (non-hydrogen) atoms. The molecule has 4 aromatic carbocycles. The molecule has 1 heterocycles. The van der Waals surface area contributed by atoms with Gasteiger partial charge in [0, 0.05) is 5.39 Å². The van der Waals surface area contributed by atoms with Crippen molar-refractivity contribution in [2.45, 2.75) is 47.7 Å². The third-order valence-electron chi connectivity index (χ3n) is 7.25. The maximum Gasteiger partial charge on any atom is -0.0141 e. The molecule has 0 unspecified atom stereocenters. The molecule has 0 aliphatic carbocycles. The Morgan fingerprint density at radius 1 is 0.881 bits per heavy atom. The standard InChI is InChI=1S/C31H30F4INO4S/c1-21-9-7-11-25-24(21)10-8-14-28(25)42(38,39)37(4)20-19-22-15-17-23(18-16-22)40-31(34,35)30(32,33)36-27-13-6-5-12-26(27)29(2,3)41-36/h5-18H,19-20H2,1-4H3/p+1. The summed E-state index contributed by atoms with van der Waals surface area (Å²) in [5, 5.41) is 1.48. The Kier molecular flexibility index (Phi) is 8.10. The molecule has 4 aromatic rings. The van der Waals surface area contributed by atoms with E-state index in [1.807, 2.05) is 25.1 Å². The second kappa shape index (κ2) is 11.1. The second-order valence-electron chi connectivity index (χ2n) is 10.7. The van der Waals surface area contributed by atoms with E-state index in [9.17, 15) is 8.42 Å². The Morgan fingerprint density at radius 3 is 2.24 bits per heavy atom. The third kappa shape index (κ3) is 5.51. The van der Waals surface area contributed by atoms with Crippen LogP contribution in [0.1, 0.15) is 30.5 Å². The van der Waals surface area contributed by atoms with E-state index in [1.54, 1.807) is 50.2 Å². The van der Waals surface area contributed by atoms with Crippen LogP contribution in [-0.2, 0) is 22.0 Å². The Bertz CT molecular complexity index is 1730. The molecule has 11 heteroatoms. The minimum Gasteiger partial charge on any atom is -0.0603 e. The minimum absolute atomic E-state index is 0.115. The number of fused-ring (bicyclic) bond motifs is 2. The van der Waals surface area contributed by atoms with Crippen LogP contribution in [0.25, 0.3) is 10.8 Å². The van der Waals surface area contributed by atoms with E-state index in [0.717, 1.165) is 10.9 Å². The number of hydrogen-bond donors (Lipinski definition) is 0. The molecule has 0 aromatic heterocycles. The van der Waals surface area contributed by atoms with Crippen molar-refractivity contribution in [3.63, 3.8) is 0 Å². The molecule has 0 saturated heterocycles. The molecule has 224 valence electrons. The first-order valence-corrected chi connectivity index (χ1v) is 17.7. The summed E-state index contributed by atoms with van der Waals surface area (Å²) in [5.41, 5.74) is 1.16. The minimum atomic E-state index is -4.78. The monoisotopic (exact) mass is 716 g/mol. The summed E-state index contributed by atoms with van der Waals surface area (Å²) in [7, 11) is -2.34. The maximum absolute atomic E-state index is 15.3. The van der Waals surface area contributed by atoms with Crippen molar-refractivity contribution in [1.82, 2.24) is 4.31 Å². The molecular weight excluding hydrogens is 685 g/mol. The molecule has 1 aliphatic rings. The molecule has 5 nitrogen and oxygen atoms in total. The van der Waals surface area contributed by atoms with E-state index in [2.05, 4.69) is 7.80 Å². The number of aryl methyl sites for hydroxylation is 1. The van der Waals surface area contributed by atoms with Gasteiger partial charge in [-0.3, -0.25) is 0 Å². The molecule has 0 radical (unpaired) electrons. The number of alkyl halides is 5. The van der Waals surface area contributed by atoms with Crippen molar-refractivity contribution in [3.05, 3.63) is 105 Å². The van der Waals surface area contributed by atoms with Gasteiger partial charge in [0.15, 0.2) is 0 Å². The number of sulfonamides is 1. The zero-order chi connectivity index (χ0) is 30.5. The first-order chi connectivity index (χ1) is 19.6. The number of benzene rings is 4. The molecule has 0 atom stereocenters. The molecule has 0 amide bonds. The largest absolute Gasteiger partial charge is 0.0603 e. The fourth-order valence-electron chi connectivity index (χ4n) is 4.87. The maximum atomic E-state index is 15.3. The summed E-state index contributed by atoms with van der Waals surface area (Å²) in [6, 6.07) is 22.3. The average Bonchev–Trinajstić information content (AvgIpc) is 3.23. The van der Waals surface area contributed by atoms with Crippen LogP contribution in [-0.4, -0.2) is 39.4 Å². The van der Waals surface area contributed by atoms with Crippen LogP contribution < -0.4 is 4.74 Å². The van der Waals surface area contributed by atoms with Crippen molar-refractivity contribution in [2.24, 2.45) is 0 Å². The van der Waals surface area contributed by atoms with Crippen LogP contribution in [0, 0.1) is 10.5 Å². The van der Waals surface area contributed by atoms with E-state index in [0.29, 0.717) is 16.5 Å². The van der Waals surface area contributed by atoms with Crippen molar-refractivity contribution in [1.29, 1.82) is 0 Å². The van der Waals surface area contributed by atoms with Gasteiger partial charge in [0.05, 0.1) is 0 Å². The Morgan fingerprint density at radius 2 is 1.52 bits per heavy atom. The van der Waals surface area contributed by atoms with Crippen LogP contribution in [0.3, 0.4) is 0 Å². The Hall–Kier alpha value is -2.74. The summed E-state index contributed by atoms with van der Waals surface area (Å²) >= 11 is -4.04. The van der Waals surface area contributed by atoms with Gasteiger partial charge in [0.1, 0.15) is 0 Å². The fraction of sp³-hybridized carbons (Fsp3) is 0.290. The molecule has 0 spiro atoms. The number of nitrogens with zero attached hydrogens (tertiary/aromatic N) is 1. The van der Waals surface area contributed by atoms with E-state index in [-0.39, 0.29) is 21.4 Å². The Balaban J connectivity index is 1.27. The van der Waals surface area contributed by atoms with Crippen LogP contribution >= 0.6 is 20.2 Å². The van der Waals surface area contributed by atoms with Gasteiger partial charge in [-0.15, -0.1) is 0 Å². The predicted octanol–water partition coefficient (Wildman–Crippen LogP) is 7.64. The summed E-state index contributed by atoms with van der Waals surface area (Å²) < 4.78 is 93.1. The van der Waals surface area contributed by atoms with Crippen LogP contribution in [0.2, 0.25) is 0 Å². The Labute approximate surface area is 250 Å². The molecule has 1 N–H and O–H groups in total. The summed E-state index contributed by atoms with van der Waals surface area (Å²) in [4.78, 5) is 0.196. The van der Waals surface area contributed by atoms with E-state index in [4.69, 9.17) is 0 Å². The summed E-state index contributed by atoms with van der Waals surface area (Å²) in [6.45, 7) is 5.31. The first kappa shape index (κ1) is 30.7. The zero-order valence-corrected chi connectivity index (χ0v) is 26.4. The molecule has 5 rings (SSSR count). The summed E-state index contributed by atoms with van der Waals surface area (Å²) in [5.74, 6) is -0.418. The van der Waals surface area contributed by atoms with Gasteiger partial charge in [-0.1, -0.05) is 30.3 Å². The number of aliphatic hydroxyl groups is 1. The van der Waals surface area contributed by atoms with E-state index < -0.39 is 51.6 Å². The van der Waals surface area contributed by atoms with Gasteiger partial charge in [0.2, 0.25) is 0 Å². The molecule has 0 fully saturated rings. The average molecular weight is 717 g/mol. The molecule has 0 bridgehead atoms. The SMILES string of the molecule is Cc1cccc2c(S(=O)(=O)N(C)CCc3ccc(OC(F)(F)C(F)(F)I4[OH+]C(C)(C)c5ccccc54)cc3)cccc12. The van der Waals surface area contributed by atoms with Gasteiger partial charge in [-0.05, 0) is 23.9 Å². The third-order valence-corrected chi connectivity index (χ3v) is 14.8. The number of halogens is 5. The smallest absolute Gasteiger partial charge is 0.0141 e. The van der Waals surface area contributed by atoms with Crippen LogP contribution in [0.15, 0.2) is 89.8 Å². The number of ether oxygens (including phenoxy) is 1. The normalized spacial score (nSPS) is 16.2. The predicted molar refractivity (Wildman–Crippen MR) is 164 cm³/mol. The molecular formula is C31H31F4INO4S+. The van der Waals surface area contributed by atoms with Crippen molar-refractivity contribution in [2.75, 3.05) is 13.6 Å². The van der Waals surface area contributed by atoms with E-state index in [1.165, 1.54) is 41.7 Å². The first-order valence-electron chi connectivity index (χ1n) is 13.2. The number of rotatable bonds is 9. The number of likely N-dealkylation sites (N-methyl/N-ethyl adjacent to an activating group) is 1. The van der Waals surface area contributed by atoms with Crippen LogP contribution in [0.5, 0.6) is 5.75 Å². The summed E-state index contributed by atoms with van der Waals surface area (Å²) in [6.07, 6.45) is -4.51.